The molecule has 15 heavy (non-hydrogen) atoms. The van der Waals surface area contributed by atoms with Crippen molar-refractivity contribution in [3.63, 3.8) is 0 Å². The molecule has 0 fully saturated rings. The number of rotatable bonds is 2. The van der Waals surface area contributed by atoms with Gasteiger partial charge in [0.1, 0.15) is 4.60 Å². The molecule has 0 atom stereocenters. The lowest BCUT2D eigenvalue weighted by Crippen LogP contribution is -2.03. The van der Waals surface area contributed by atoms with Crippen molar-refractivity contribution in [2.75, 3.05) is 0 Å². The summed E-state index contributed by atoms with van der Waals surface area (Å²) in [6.07, 6.45) is 3.29. The second-order valence-corrected chi connectivity index (χ2v) is 4.67. The van der Waals surface area contributed by atoms with Crippen LogP contribution in [0.5, 0.6) is 0 Å². The smallest absolute Gasteiger partial charge is 0.221 e. The normalized spacial score (nSPS) is 10.3. The first-order valence-electron chi connectivity index (χ1n) is 4.25. The first-order chi connectivity index (χ1) is 7.18. The molecule has 0 N–H and O–H groups in total. The fourth-order valence-electron chi connectivity index (χ4n) is 1.20. The van der Waals surface area contributed by atoms with E-state index in [1.54, 1.807) is 23.8 Å². The summed E-state index contributed by atoms with van der Waals surface area (Å²) < 4.78 is 0.697. The summed E-state index contributed by atoms with van der Waals surface area (Å²) >= 11 is 4.56. The average molecular weight is 283 g/mol. The predicted octanol–water partition coefficient (Wildman–Crippen LogP) is 2.84. The van der Waals surface area contributed by atoms with Gasteiger partial charge in [-0.1, -0.05) is 0 Å². The quantitative estimate of drug-likeness (QED) is 0.796. The molecule has 0 bridgehead atoms. The topological polar surface area (TPSA) is 42.9 Å². The van der Waals surface area contributed by atoms with Crippen molar-refractivity contribution < 1.29 is 4.79 Å². The number of hydrogen-bond acceptors (Lipinski definition) is 4. The van der Waals surface area contributed by atoms with E-state index in [0.717, 1.165) is 5.56 Å². The molecule has 76 valence electrons. The van der Waals surface area contributed by atoms with Crippen LogP contribution in [-0.2, 0) is 0 Å². The highest BCUT2D eigenvalue weighted by Crippen LogP contribution is 2.19. The number of carbonyl (C=O) groups excluding carboxylic acids is 1. The molecular weight excluding hydrogens is 276 g/mol. The van der Waals surface area contributed by atoms with Crippen molar-refractivity contribution in [3.8, 4) is 0 Å². The van der Waals surface area contributed by atoms with Gasteiger partial charge in [-0.25, -0.2) is 4.98 Å². The Balaban J connectivity index is 2.41. The van der Waals surface area contributed by atoms with Crippen LogP contribution in [0.25, 0.3) is 0 Å². The fraction of sp³-hybridized carbons (Fsp3) is 0.100. The molecule has 0 aromatic carbocycles. The zero-order valence-electron chi connectivity index (χ0n) is 7.90. The third-order valence-corrected chi connectivity index (χ3v) is 3.49. The Kier molecular flexibility index (Phi) is 2.93. The molecule has 0 aliphatic rings. The highest BCUT2D eigenvalue weighted by molar-refractivity contribution is 9.10. The van der Waals surface area contributed by atoms with E-state index in [4.69, 9.17) is 0 Å². The van der Waals surface area contributed by atoms with Gasteiger partial charge in [-0.2, -0.15) is 0 Å². The first-order valence-corrected chi connectivity index (χ1v) is 5.92. The van der Waals surface area contributed by atoms with Gasteiger partial charge in [0.05, 0.1) is 0 Å². The molecule has 2 aromatic heterocycles. The summed E-state index contributed by atoms with van der Waals surface area (Å²) in [6.45, 7) is 1.86. The summed E-state index contributed by atoms with van der Waals surface area (Å²) in [6, 6.07) is 1.72. The number of pyridine rings is 1. The van der Waals surface area contributed by atoms with E-state index in [2.05, 4.69) is 25.9 Å². The Morgan fingerprint density at radius 1 is 1.53 bits per heavy atom. The van der Waals surface area contributed by atoms with E-state index in [1.807, 2.05) is 6.92 Å². The van der Waals surface area contributed by atoms with E-state index < -0.39 is 0 Å². The van der Waals surface area contributed by atoms with E-state index in [0.29, 0.717) is 15.2 Å². The van der Waals surface area contributed by atoms with E-state index in [-0.39, 0.29) is 5.78 Å². The van der Waals surface area contributed by atoms with Crippen LogP contribution in [0.4, 0.5) is 0 Å². The molecule has 0 saturated carbocycles. The summed E-state index contributed by atoms with van der Waals surface area (Å²) in [5.41, 5.74) is 1.53. The number of ketones is 1. The van der Waals surface area contributed by atoms with Gasteiger partial charge in [-0.3, -0.25) is 9.78 Å². The van der Waals surface area contributed by atoms with Crippen LogP contribution < -0.4 is 0 Å². The van der Waals surface area contributed by atoms with Crippen LogP contribution in [-0.4, -0.2) is 15.8 Å². The average Bonchev–Trinajstić information content (AvgIpc) is 2.65. The maximum Gasteiger partial charge on any atom is 0.221 e. The van der Waals surface area contributed by atoms with Crippen molar-refractivity contribution in [2.45, 2.75) is 6.92 Å². The van der Waals surface area contributed by atoms with E-state index >= 15 is 0 Å². The second kappa shape index (κ2) is 4.20. The molecule has 0 spiro atoms. The molecule has 0 radical (unpaired) electrons. The second-order valence-electron chi connectivity index (χ2n) is 3.00. The highest BCUT2D eigenvalue weighted by Gasteiger charge is 2.14. The molecule has 0 saturated heterocycles. The van der Waals surface area contributed by atoms with Crippen molar-refractivity contribution >= 4 is 33.0 Å². The van der Waals surface area contributed by atoms with Crippen LogP contribution in [0.3, 0.4) is 0 Å². The SMILES string of the molecule is Cc1cnccc1C(=O)c1nc(Br)cs1. The number of carbonyl (C=O) groups is 1. The number of hydrogen-bond donors (Lipinski definition) is 0. The highest BCUT2D eigenvalue weighted by atomic mass is 79.9. The standard InChI is InChI=1S/C10H7BrN2OS/c1-6-4-12-3-2-7(6)9(14)10-13-8(11)5-15-10/h2-5H,1H3. The molecule has 2 rings (SSSR count). The van der Waals surface area contributed by atoms with Crippen LogP contribution in [0.1, 0.15) is 20.9 Å². The Labute approximate surface area is 99.3 Å². The van der Waals surface area contributed by atoms with Crippen LogP contribution in [0, 0.1) is 6.92 Å². The molecule has 5 heteroatoms. The van der Waals surface area contributed by atoms with Crippen molar-refractivity contribution in [2.24, 2.45) is 0 Å². The fourth-order valence-corrected chi connectivity index (χ4v) is 2.41. The largest absolute Gasteiger partial charge is 0.286 e. The van der Waals surface area contributed by atoms with Crippen molar-refractivity contribution in [3.05, 3.63) is 44.6 Å². The molecular formula is C10H7BrN2OS. The number of aromatic nitrogens is 2. The van der Waals surface area contributed by atoms with Gasteiger partial charge in [0.15, 0.2) is 5.01 Å². The molecule has 3 nitrogen and oxygen atoms in total. The Hall–Kier alpha value is -1.07. The number of aryl methyl sites for hydroxylation is 1. The zero-order chi connectivity index (χ0) is 10.8. The maximum atomic E-state index is 12.0. The van der Waals surface area contributed by atoms with Gasteiger partial charge in [0.2, 0.25) is 5.78 Å². The molecule has 2 heterocycles. The summed E-state index contributed by atoms with van der Waals surface area (Å²) in [5.74, 6) is -0.0504. The maximum absolute atomic E-state index is 12.0. The molecule has 0 amide bonds. The predicted molar refractivity (Wildman–Crippen MR) is 62.2 cm³/mol. The zero-order valence-corrected chi connectivity index (χ0v) is 10.3. The number of nitrogens with zero attached hydrogens (tertiary/aromatic N) is 2. The van der Waals surface area contributed by atoms with Crippen LogP contribution >= 0.6 is 27.3 Å². The van der Waals surface area contributed by atoms with Gasteiger partial charge in [-0.15, -0.1) is 11.3 Å². The van der Waals surface area contributed by atoms with Crippen molar-refractivity contribution in [1.82, 2.24) is 9.97 Å². The monoisotopic (exact) mass is 282 g/mol. The minimum absolute atomic E-state index is 0.0504. The molecule has 0 unspecified atom stereocenters. The Bertz CT molecular complexity index is 510. The minimum atomic E-state index is -0.0504. The molecule has 0 aliphatic heterocycles. The third-order valence-electron chi connectivity index (χ3n) is 1.94. The summed E-state index contributed by atoms with van der Waals surface area (Å²) in [7, 11) is 0. The lowest BCUT2D eigenvalue weighted by Gasteiger charge is -2.00. The lowest BCUT2D eigenvalue weighted by molar-refractivity contribution is 0.103. The molecule has 2 aromatic rings. The third kappa shape index (κ3) is 2.13. The van der Waals surface area contributed by atoms with Crippen LogP contribution in [0.15, 0.2) is 28.4 Å². The van der Waals surface area contributed by atoms with Gasteiger partial charge >= 0.3 is 0 Å². The minimum Gasteiger partial charge on any atom is -0.286 e. The summed E-state index contributed by atoms with van der Waals surface area (Å²) in [4.78, 5) is 20.0. The molecule has 0 aliphatic carbocycles. The Morgan fingerprint density at radius 3 is 2.93 bits per heavy atom. The van der Waals surface area contributed by atoms with E-state index in [9.17, 15) is 4.79 Å². The van der Waals surface area contributed by atoms with Crippen molar-refractivity contribution in [1.29, 1.82) is 0 Å². The number of thiazole rings is 1. The van der Waals surface area contributed by atoms with E-state index in [1.165, 1.54) is 11.3 Å². The summed E-state index contributed by atoms with van der Waals surface area (Å²) in [5, 5.41) is 2.29. The van der Waals surface area contributed by atoms with Gasteiger partial charge in [0.25, 0.3) is 0 Å². The van der Waals surface area contributed by atoms with Gasteiger partial charge in [0, 0.05) is 23.3 Å². The first kappa shape index (κ1) is 10.4. The lowest BCUT2D eigenvalue weighted by atomic mass is 10.1. The van der Waals surface area contributed by atoms with Gasteiger partial charge < -0.3 is 0 Å². The van der Waals surface area contributed by atoms with Crippen LogP contribution in [0.2, 0.25) is 0 Å². The number of halogens is 1. The van der Waals surface area contributed by atoms with Gasteiger partial charge in [-0.05, 0) is 34.5 Å². The Morgan fingerprint density at radius 2 is 2.33 bits per heavy atom.